The maximum atomic E-state index is 13.0. The smallest absolute Gasteiger partial charge is 0.251 e. The van der Waals surface area contributed by atoms with Crippen LogP contribution in [0.4, 0.5) is 4.39 Å². The van der Waals surface area contributed by atoms with Crippen LogP contribution in [0.5, 0.6) is 0 Å². The Kier molecular flexibility index (Phi) is 3.64. The molecule has 0 radical (unpaired) electrons. The number of hydrogen-bond acceptors (Lipinski definition) is 2. The second-order valence-electron chi connectivity index (χ2n) is 4.78. The Hall–Kier alpha value is -2.69. The topological polar surface area (TPSA) is 46.4 Å². The average Bonchev–Trinajstić information content (AvgIpc) is 2.94. The number of amides is 1. The van der Waals surface area contributed by atoms with Crippen LogP contribution in [0.2, 0.25) is 0 Å². The molecule has 0 fully saturated rings. The zero-order chi connectivity index (χ0) is 14.7. The molecule has 2 heterocycles. The van der Waals surface area contributed by atoms with Crippen molar-refractivity contribution in [3.63, 3.8) is 0 Å². The second-order valence-corrected chi connectivity index (χ2v) is 4.78. The van der Waals surface area contributed by atoms with Crippen LogP contribution in [-0.2, 0) is 6.42 Å². The third-order valence-corrected chi connectivity index (χ3v) is 3.26. The summed E-state index contributed by atoms with van der Waals surface area (Å²) in [5, 5.41) is 2.83. The third kappa shape index (κ3) is 3.08. The quantitative estimate of drug-likeness (QED) is 0.799. The number of imidazole rings is 1. The lowest BCUT2D eigenvalue weighted by atomic mass is 10.1. The molecule has 5 heteroatoms. The molecule has 2 aromatic heterocycles. The maximum Gasteiger partial charge on any atom is 0.251 e. The first kappa shape index (κ1) is 13.3. The van der Waals surface area contributed by atoms with Crippen LogP contribution in [0, 0.1) is 5.82 Å². The van der Waals surface area contributed by atoms with Crippen molar-refractivity contribution in [1.82, 2.24) is 14.7 Å². The zero-order valence-corrected chi connectivity index (χ0v) is 11.3. The summed E-state index contributed by atoms with van der Waals surface area (Å²) in [7, 11) is 0. The Labute approximate surface area is 121 Å². The van der Waals surface area contributed by atoms with Gasteiger partial charge >= 0.3 is 0 Å². The minimum absolute atomic E-state index is 0.143. The van der Waals surface area contributed by atoms with Crippen molar-refractivity contribution >= 4 is 11.4 Å². The first-order chi connectivity index (χ1) is 10.2. The van der Waals surface area contributed by atoms with E-state index in [1.165, 1.54) is 12.1 Å². The van der Waals surface area contributed by atoms with Crippen LogP contribution >= 0.6 is 0 Å². The monoisotopic (exact) mass is 283 g/mol. The predicted molar refractivity (Wildman–Crippen MR) is 77.6 cm³/mol. The number of fused-ring (bicyclic) bond motifs is 1. The van der Waals surface area contributed by atoms with Crippen LogP contribution in [-0.4, -0.2) is 21.8 Å². The molecule has 106 valence electrons. The van der Waals surface area contributed by atoms with E-state index in [0.717, 1.165) is 11.1 Å². The molecule has 0 aliphatic carbocycles. The molecule has 1 amide bonds. The number of carbonyl (C=O) groups excluding carboxylic acids is 1. The van der Waals surface area contributed by atoms with E-state index in [2.05, 4.69) is 10.3 Å². The van der Waals surface area contributed by atoms with Gasteiger partial charge in [-0.3, -0.25) is 4.79 Å². The summed E-state index contributed by atoms with van der Waals surface area (Å²) in [6.45, 7) is 0.465. The first-order valence-electron chi connectivity index (χ1n) is 6.67. The number of halogens is 1. The summed E-state index contributed by atoms with van der Waals surface area (Å²) >= 11 is 0. The van der Waals surface area contributed by atoms with E-state index in [1.54, 1.807) is 36.9 Å². The van der Waals surface area contributed by atoms with Crippen molar-refractivity contribution in [2.24, 2.45) is 0 Å². The van der Waals surface area contributed by atoms with Crippen LogP contribution in [0.1, 0.15) is 15.9 Å². The summed E-state index contributed by atoms with van der Waals surface area (Å²) < 4.78 is 14.9. The standard InChI is InChI=1S/C16H14FN3O/c17-14-3-1-2-12(8-14)4-6-19-16(21)13-5-7-20-11-18-10-15(20)9-13/h1-3,5,7-11H,4,6H2,(H,19,21). The third-order valence-electron chi connectivity index (χ3n) is 3.26. The number of pyridine rings is 1. The molecule has 0 bridgehead atoms. The molecule has 3 rings (SSSR count). The van der Waals surface area contributed by atoms with Gasteiger partial charge in [0.1, 0.15) is 5.82 Å². The van der Waals surface area contributed by atoms with Crippen molar-refractivity contribution in [2.75, 3.05) is 6.54 Å². The van der Waals surface area contributed by atoms with Gasteiger partial charge in [0, 0.05) is 18.3 Å². The minimum Gasteiger partial charge on any atom is -0.352 e. The van der Waals surface area contributed by atoms with Crippen molar-refractivity contribution in [2.45, 2.75) is 6.42 Å². The van der Waals surface area contributed by atoms with E-state index >= 15 is 0 Å². The summed E-state index contributed by atoms with van der Waals surface area (Å²) in [5.41, 5.74) is 2.32. The van der Waals surface area contributed by atoms with Crippen molar-refractivity contribution in [3.05, 3.63) is 72.1 Å². The fourth-order valence-electron chi connectivity index (χ4n) is 2.18. The molecule has 1 N–H and O–H groups in total. The van der Waals surface area contributed by atoms with Crippen molar-refractivity contribution in [3.8, 4) is 0 Å². The number of nitrogens with zero attached hydrogens (tertiary/aromatic N) is 2. The molecule has 3 aromatic rings. The van der Waals surface area contributed by atoms with Crippen molar-refractivity contribution < 1.29 is 9.18 Å². The van der Waals surface area contributed by atoms with Gasteiger partial charge in [0.2, 0.25) is 0 Å². The minimum atomic E-state index is -0.259. The molecule has 4 nitrogen and oxygen atoms in total. The Morgan fingerprint density at radius 2 is 2.19 bits per heavy atom. The lowest BCUT2D eigenvalue weighted by Gasteiger charge is -2.06. The van der Waals surface area contributed by atoms with Gasteiger partial charge in [-0.1, -0.05) is 12.1 Å². The average molecular weight is 283 g/mol. The normalized spacial score (nSPS) is 10.7. The first-order valence-corrected chi connectivity index (χ1v) is 6.67. The number of hydrogen-bond donors (Lipinski definition) is 1. The molecule has 0 aliphatic heterocycles. The number of nitrogens with one attached hydrogen (secondary N) is 1. The number of aromatic nitrogens is 2. The number of benzene rings is 1. The fourth-order valence-corrected chi connectivity index (χ4v) is 2.18. The summed E-state index contributed by atoms with van der Waals surface area (Å²) in [6.07, 6.45) is 5.77. The van der Waals surface area contributed by atoms with Crippen LogP contribution in [0.25, 0.3) is 5.52 Å². The van der Waals surface area contributed by atoms with Gasteiger partial charge in [0.05, 0.1) is 18.0 Å². The lowest BCUT2D eigenvalue weighted by molar-refractivity contribution is 0.0954. The van der Waals surface area contributed by atoms with Gasteiger partial charge in [-0.15, -0.1) is 0 Å². The van der Waals surface area contributed by atoms with E-state index < -0.39 is 0 Å². The van der Waals surface area contributed by atoms with Crippen LogP contribution in [0.3, 0.4) is 0 Å². The van der Waals surface area contributed by atoms with Gasteiger partial charge in [0.15, 0.2) is 0 Å². The molecule has 21 heavy (non-hydrogen) atoms. The molecule has 0 atom stereocenters. The van der Waals surface area contributed by atoms with E-state index in [9.17, 15) is 9.18 Å². The Morgan fingerprint density at radius 3 is 3.05 bits per heavy atom. The fraction of sp³-hybridized carbons (Fsp3) is 0.125. The summed E-state index contributed by atoms with van der Waals surface area (Å²) in [6, 6.07) is 9.91. The van der Waals surface area contributed by atoms with E-state index in [0.29, 0.717) is 18.5 Å². The Balaban J connectivity index is 1.61. The van der Waals surface area contributed by atoms with E-state index in [-0.39, 0.29) is 11.7 Å². The molecule has 0 saturated heterocycles. The van der Waals surface area contributed by atoms with Gasteiger partial charge in [-0.05, 0) is 36.2 Å². The molecule has 1 aromatic carbocycles. The van der Waals surface area contributed by atoms with E-state index in [1.807, 2.05) is 10.5 Å². The molecule has 0 saturated carbocycles. The van der Waals surface area contributed by atoms with Crippen LogP contribution in [0.15, 0.2) is 55.1 Å². The molecular weight excluding hydrogens is 269 g/mol. The summed E-state index contributed by atoms with van der Waals surface area (Å²) in [5.74, 6) is -0.403. The molecule has 0 unspecified atom stereocenters. The molecular formula is C16H14FN3O. The maximum absolute atomic E-state index is 13.0. The lowest BCUT2D eigenvalue weighted by Crippen LogP contribution is -2.25. The van der Waals surface area contributed by atoms with Gasteiger partial charge in [-0.2, -0.15) is 0 Å². The van der Waals surface area contributed by atoms with Crippen LogP contribution < -0.4 is 5.32 Å². The van der Waals surface area contributed by atoms with Gasteiger partial charge < -0.3 is 9.72 Å². The number of carbonyl (C=O) groups is 1. The van der Waals surface area contributed by atoms with Crippen molar-refractivity contribution in [1.29, 1.82) is 0 Å². The molecule has 0 spiro atoms. The van der Waals surface area contributed by atoms with E-state index in [4.69, 9.17) is 0 Å². The SMILES string of the molecule is O=C(NCCc1cccc(F)c1)c1ccn2cncc2c1. The zero-order valence-electron chi connectivity index (χ0n) is 11.3. The largest absolute Gasteiger partial charge is 0.352 e. The predicted octanol–water partition coefficient (Wildman–Crippen LogP) is 2.45. The summed E-state index contributed by atoms with van der Waals surface area (Å²) in [4.78, 5) is 16.1. The highest BCUT2D eigenvalue weighted by atomic mass is 19.1. The number of rotatable bonds is 4. The molecule has 0 aliphatic rings. The van der Waals surface area contributed by atoms with Gasteiger partial charge in [0.25, 0.3) is 5.91 Å². The highest BCUT2D eigenvalue weighted by molar-refractivity contribution is 5.95. The Bertz CT molecular complexity index is 782. The highest BCUT2D eigenvalue weighted by Gasteiger charge is 2.06. The highest BCUT2D eigenvalue weighted by Crippen LogP contribution is 2.07. The Morgan fingerprint density at radius 1 is 1.29 bits per heavy atom. The van der Waals surface area contributed by atoms with Gasteiger partial charge in [-0.25, -0.2) is 9.37 Å². The second kappa shape index (κ2) is 5.75.